The van der Waals surface area contributed by atoms with Crippen molar-refractivity contribution in [3.05, 3.63) is 42.5 Å². The summed E-state index contributed by atoms with van der Waals surface area (Å²) in [6.45, 7) is 2.45. The minimum atomic E-state index is -4.41. The van der Waals surface area contributed by atoms with Crippen molar-refractivity contribution in [3.8, 4) is 0 Å². The van der Waals surface area contributed by atoms with E-state index in [1.165, 1.54) is 6.07 Å². The molecule has 0 saturated carbocycles. The molecule has 0 unspecified atom stereocenters. The van der Waals surface area contributed by atoms with E-state index in [1.54, 1.807) is 23.5 Å². The van der Waals surface area contributed by atoms with Gasteiger partial charge in [0.15, 0.2) is 0 Å². The molecule has 0 spiro atoms. The summed E-state index contributed by atoms with van der Waals surface area (Å²) in [4.78, 5) is 28.1. The summed E-state index contributed by atoms with van der Waals surface area (Å²) in [6, 6.07) is 2.26. The van der Waals surface area contributed by atoms with Crippen molar-refractivity contribution in [3.63, 3.8) is 0 Å². The van der Waals surface area contributed by atoms with Crippen molar-refractivity contribution in [1.29, 1.82) is 0 Å². The summed E-state index contributed by atoms with van der Waals surface area (Å²) < 4.78 is 37.5. The van der Waals surface area contributed by atoms with Gasteiger partial charge in [-0.05, 0) is 12.1 Å². The van der Waals surface area contributed by atoms with Crippen LogP contribution >= 0.6 is 11.8 Å². The number of thioether (sulfide) groups is 1. The molecule has 3 rings (SSSR count). The fraction of sp³-hybridized carbons (Fsp3) is 0.375. The molecule has 1 aliphatic rings. The van der Waals surface area contributed by atoms with E-state index in [2.05, 4.69) is 19.9 Å². The van der Waals surface area contributed by atoms with Crippen LogP contribution in [0.3, 0.4) is 0 Å². The number of pyridine rings is 1. The Morgan fingerprint density at radius 2 is 1.85 bits per heavy atom. The zero-order valence-corrected chi connectivity index (χ0v) is 14.5. The Hall–Kier alpha value is -2.36. The average molecular weight is 383 g/mol. The van der Waals surface area contributed by atoms with Gasteiger partial charge in [-0.3, -0.25) is 9.78 Å². The number of aromatic nitrogens is 3. The number of rotatable bonds is 4. The summed E-state index contributed by atoms with van der Waals surface area (Å²) in [5, 5.41) is 0.393. The Balaban J connectivity index is 1.47. The predicted molar refractivity (Wildman–Crippen MR) is 90.8 cm³/mol. The van der Waals surface area contributed by atoms with E-state index in [4.69, 9.17) is 0 Å². The number of amides is 1. The second-order valence-corrected chi connectivity index (χ2v) is 6.60. The van der Waals surface area contributed by atoms with Crippen LogP contribution in [0.4, 0.5) is 19.0 Å². The SMILES string of the molecule is O=C(CSc1ccc(C(F)(F)F)cn1)N1CCN(c2cnccn2)CC1. The van der Waals surface area contributed by atoms with Gasteiger partial charge in [0.05, 0.1) is 22.5 Å². The van der Waals surface area contributed by atoms with Crippen LogP contribution in [-0.4, -0.2) is 57.7 Å². The number of anilines is 1. The quantitative estimate of drug-likeness (QED) is 0.756. The summed E-state index contributed by atoms with van der Waals surface area (Å²) in [6.07, 6.45) is 1.29. The molecule has 1 aliphatic heterocycles. The van der Waals surface area contributed by atoms with Gasteiger partial charge in [-0.2, -0.15) is 13.2 Å². The highest BCUT2D eigenvalue weighted by Gasteiger charge is 2.30. The number of alkyl halides is 3. The van der Waals surface area contributed by atoms with Gasteiger partial charge in [-0.1, -0.05) is 11.8 Å². The van der Waals surface area contributed by atoms with Gasteiger partial charge in [0.25, 0.3) is 0 Å². The molecule has 0 aromatic carbocycles. The predicted octanol–water partition coefficient (Wildman–Crippen LogP) is 2.33. The van der Waals surface area contributed by atoms with Gasteiger partial charge in [-0.15, -0.1) is 0 Å². The fourth-order valence-electron chi connectivity index (χ4n) is 2.50. The number of nitrogens with zero attached hydrogens (tertiary/aromatic N) is 5. The number of hydrogen-bond donors (Lipinski definition) is 0. The van der Waals surface area contributed by atoms with E-state index in [0.717, 1.165) is 29.8 Å². The van der Waals surface area contributed by atoms with Crippen LogP contribution in [0.1, 0.15) is 5.56 Å². The van der Waals surface area contributed by atoms with Gasteiger partial charge in [0.1, 0.15) is 5.82 Å². The Morgan fingerprint density at radius 1 is 1.08 bits per heavy atom. The molecule has 10 heteroatoms. The molecule has 26 heavy (non-hydrogen) atoms. The molecule has 0 atom stereocenters. The third-order valence-corrected chi connectivity index (χ3v) is 4.84. The van der Waals surface area contributed by atoms with E-state index in [-0.39, 0.29) is 11.7 Å². The molecule has 138 valence electrons. The lowest BCUT2D eigenvalue weighted by molar-refractivity contribution is -0.138. The maximum Gasteiger partial charge on any atom is 0.417 e. The number of carbonyl (C=O) groups excluding carboxylic acids is 1. The van der Waals surface area contributed by atoms with Crippen LogP contribution in [0.2, 0.25) is 0 Å². The standard InChI is InChI=1S/C16H16F3N5OS/c17-16(18,19)12-1-2-14(22-9-12)26-11-15(25)24-7-5-23(6-8-24)13-10-20-3-4-21-13/h1-4,9-10H,5-8,11H2. The molecule has 0 bridgehead atoms. The van der Waals surface area contributed by atoms with E-state index >= 15 is 0 Å². The first-order valence-electron chi connectivity index (χ1n) is 7.88. The highest BCUT2D eigenvalue weighted by Crippen LogP contribution is 2.29. The zero-order chi connectivity index (χ0) is 18.6. The largest absolute Gasteiger partial charge is 0.417 e. The third kappa shape index (κ3) is 4.63. The third-order valence-electron chi connectivity index (χ3n) is 3.91. The van der Waals surface area contributed by atoms with Crippen LogP contribution in [0.15, 0.2) is 41.9 Å². The summed E-state index contributed by atoms with van der Waals surface area (Å²) in [7, 11) is 0. The molecule has 0 aliphatic carbocycles. The van der Waals surface area contributed by atoms with Gasteiger partial charge in [0.2, 0.25) is 5.91 Å². The number of carbonyl (C=O) groups is 1. The lowest BCUT2D eigenvalue weighted by Gasteiger charge is -2.35. The summed E-state index contributed by atoms with van der Waals surface area (Å²) >= 11 is 1.13. The lowest BCUT2D eigenvalue weighted by Crippen LogP contribution is -2.49. The topological polar surface area (TPSA) is 62.2 Å². The molecule has 6 nitrogen and oxygen atoms in total. The minimum absolute atomic E-state index is 0.0597. The highest BCUT2D eigenvalue weighted by atomic mass is 32.2. The van der Waals surface area contributed by atoms with Gasteiger partial charge >= 0.3 is 6.18 Å². The number of piperazine rings is 1. The van der Waals surface area contributed by atoms with Crippen LogP contribution in [0.5, 0.6) is 0 Å². The summed E-state index contributed by atoms with van der Waals surface area (Å²) in [5.74, 6) is 0.863. The Bertz CT molecular complexity index is 734. The second kappa shape index (κ2) is 7.90. The lowest BCUT2D eigenvalue weighted by atomic mass is 10.3. The maximum absolute atomic E-state index is 12.5. The first-order chi connectivity index (χ1) is 12.4. The van der Waals surface area contributed by atoms with E-state index < -0.39 is 11.7 Å². The molecule has 3 heterocycles. The molecular formula is C16H16F3N5OS. The van der Waals surface area contributed by atoms with Gasteiger partial charge < -0.3 is 9.80 Å². The zero-order valence-electron chi connectivity index (χ0n) is 13.7. The average Bonchev–Trinajstić information content (AvgIpc) is 2.66. The van der Waals surface area contributed by atoms with Crippen LogP contribution < -0.4 is 4.90 Å². The monoisotopic (exact) mass is 383 g/mol. The first kappa shape index (κ1) is 18.4. The van der Waals surface area contributed by atoms with Crippen molar-refractivity contribution in [2.24, 2.45) is 0 Å². The molecule has 1 fully saturated rings. The van der Waals surface area contributed by atoms with Crippen LogP contribution in [0, 0.1) is 0 Å². The Kier molecular flexibility index (Phi) is 5.60. The number of halogens is 3. The second-order valence-electron chi connectivity index (χ2n) is 5.60. The Morgan fingerprint density at radius 3 is 2.42 bits per heavy atom. The molecular weight excluding hydrogens is 367 g/mol. The van der Waals surface area contributed by atoms with Crippen molar-refractivity contribution in [2.45, 2.75) is 11.2 Å². The van der Waals surface area contributed by atoms with E-state index in [0.29, 0.717) is 31.2 Å². The minimum Gasteiger partial charge on any atom is -0.352 e. The normalized spacial score (nSPS) is 15.2. The Labute approximate surface area is 152 Å². The molecule has 2 aromatic heterocycles. The highest BCUT2D eigenvalue weighted by molar-refractivity contribution is 7.99. The number of hydrogen-bond acceptors (Lipinski definition) is 6. The van der Waals surface area contributed by atoms with Crippen molar-refractivity contribution < 1.29 is 18.0 Å². The maximum atomic E-state index is 12.5. The molecule has 1 amide bonds. The van der Waals surface area contributed by atoms with Crippen molar-refractivity contribution in [2.75, 3.05) is 36.8 Å². The van der Waals surface area contributed by atoms with Crippen LogP contribution in [-0.2, 0) is 11.0 Å². The first-order valence-corrected chi connectivity index (χ1v) is 8.87. The van der Waals surface area contributed by atoms with Gasteiger partial charge in [0, 0.05) is 44.8 Å². The fourth-order valence-corrected chi connectivity index (χ4v) is 3.25. The summed E-state index contributed by atoms with van der Waals surface area (Å²) in [5.41, 5.74) is -0.798. The van der Waals surface area contributed by atoms with Gasteiger partial charge in [-0.25, -0.2) is 9.97 Å². The smallest absolute Gasteiger partial charge is 0.352 e. The van der Waals surface area contributed by atoms with E-state index in [1.807, 2.05) is 0 Å². The van der Waals surface area contributed by atoms with E-state index in [9.17, 15) is 18.0 Å². The van der Waals surface area contributed by atoms with Crippen molar-refractivity contribution >= 4 is 23.5 Å². The van der Waals surface area contributed by atoms with Crippen LogP contribution in [0.25, 0.3) is 0 Å². The molecule has 0 radical (unpaired) electrons. The molecule has 1 saturated heterocycles. The van der Waals surface area contributed by atoms with Crippen molar-refractivity contribution in [1.82, 2.24) is 19.9 Å². The molecule has 2 aromatic rings. The molecule has 0 N–H and O–H groups in total.